The van der Waals surface area contributed by atoms with Crippen LogP contribution in [0.4, 0.5) is 0 Å². The van der Waals surface area contributed by atoms with Crippen molar-refractivity contribution in [3.63, 3.8) is 0 Å². The molecule has 0 unspecified atom stereocenters. The maximum Gasteiger partial charge on any atom is 0.307 e. The van der Waals surface area contributed by atoms with Crippen molar-refractivity contribution >= 4 is 18.0 Å². The van der Waals surface area contributed by atoms with Crippen LogP contribution in [0.25, 0.3) is 6.08 Å². The van der Waals surface area contributed by atoms with Gasteiger partial charge in [-0.25, -0.2) is 0 Å². The summed E-state index contributed by atoms with van der Waals surface area (Å²) < 4.78 is 9.56. The fourth-order valence-electron chi connectivity index (χ4n) is 1.43. The Bertz CT molecular complexity index is 424. The van der Waals surface area contributed by atoms with E-state index in [1.165, 1.54) is 30.4 Å². The lowest BCUT2D eigenvalue weighted by Gasteiger charge is -2.19. The molecule has 1 N–H and O–H groups in total. The molecule has 1 aromatic heterocycles. The molecule has 0 saturated carbocycles. The van der Waals surface area contributed by atoms with Gasteiger partial charge in [-0.3, -0.25) is 9.59 Å². The van der Waals surface area contributed by atoms with Gasteiger partial charge in [0.05, 0.1) is 26.4 Å². The predicted molar refractivity (Wildman–Crippen MR) is 68.0 cm³/mol. The number of carbonyl (C=O) groups excluding carboxylic acids is 2. The van der Waals surface area contributed by atoms with Crippen LogP contribution in [0, 0.1) is 0 Å². The van der Waals surface area contributed by atoms with Crippen molar-refractivity contribution in [2.75, 3.05) is 26.8 Å². The second-order valence-corrected chi connectivity index (χ2v) is 3.72. The molecule has 6 heteroatoms. The number of furan rings is 1. The number of aliphatic hydroxyl groups is 1. The predicted octanol–water partition coefficient (Wildman–Crippen LogP) is 0.677. The lowest BCUT2D eigenvalue weighted by Crippen LogP contribution is -2.34. The zero-order valence-corrected chi connectivity index (χ0v) is 10.7. The summed E-state index contributed by atoms with van der Waals surface area (Å²) in [5.41, 5.74) is 0. The fraction of sp³-hybridized carbons (Fsp3) is 0.385. The van der Waals surface area contributed by atoms with Crippen molar-refractivity contribution < 1.29 is 23.8 Å². The molecule has 0 aliphatic rings. The molecule has 0 spiro atoms. The van der Waals surface area contributed by atoms with Gasteiger partial charge in [0.1, 0.15) is 5.76 Å². The highest BCUT2D eigenvalue weighted by molar-refractivity contribution is 5.91. The standard InChI is InChI=1S/C13H17NO5/c1-18-13(17)6-7-14(8-9-15)12(16)5-4-11-3-2-10-19-11/h2-5,10,15H,6-9H2,1H3/b5-4+. The molecule has 0 fully saturated rings. The van der Waals surface area contributed by atoms with Gasteiger partial charge in [-0.1, -0.05) is 0 Å². The number of esters is 1. The van der Waals surface area contributed by atoms with E-state index in [0.717, 1.165) is 0 Å². The number of amides is 1. The molecule has 0 radical (unpaired) electrons. The maximum atomic E-state index is 11.9. The quantitative estimate of drug-likeness (QED) is 0.580. The summed E-state index contributed by atoms with van der Waals surface area (Å²) in [4.78, 5) is 24.3. The van der Waals surface area contributed by atoms with E-state index in [4.69, 9.17) is 9.52 Å². The largest absolute Gasteiger partial charge is 0.469 e. The van der Waals surface area contributed by atoms with E-state index in [-0.39, 0.29) is 32.0 Å². The summed E-state index contributed by atoms with van der Waals surface area (Å²) in [6.45, 7) is 0.203. The number of aliphatic hydroxyl groups excluding tert-OH is 1. The highest BCUT2D eigenvalue weighted by Crippen LogP contribution is 2.03. The van der Waals surface area contributed by atoms with E-state index in [9.17, 15) is 9.59 Å². The normalized spacial score (nSPS) is 10.6. The van der Waals surface area contributed by atoms with E-state index in [1.54, 1.807) is 12.1 Å². The first kappa shape index (κ1) is 15.0. The van der Waals surface area contributed by atoms with Gasteiger partial charge in [-0.05, 0) is 18.2 Å². The highest BCUT2D eigenvalue weighted by atomic mass is 16.5. The third-order valence-corrected chi connectivity index (χ3v) is 2.43. The smallest absolute Gasteiger partial charge is 0.307 e. The summed E-state index contributed by atoms with van der Waals surface area (Å²) >= 11 is 0. The zero-order chi connectivity index (χ0) is 14.1. The summed E-state index contributed by atoms with van der Waals surface area (Å²) in [6, 6.07) is 3.43. The lowest BCUT2D eigenvalue weighted by atomic mass is 10.3. The van der Waals surface area contributed by atoms with E-state index in [2.05, 4.69) is 4.74 Å². The minimum Gasteiger partial charge on any atom is -0.469 e. The number of rotatable bonds is 7. The molecule has 0 atom stereocenters. The SMILES string of the molecule is COC(=O)CCN(CCO)C(=O)/C=C/c1ccco1. The van der Waals surface area contributed by atoms with Gasteiger partial charge < -0.3 is 19.2 Å². The Balaban J connectivity index is 2.54. The molecule has 1 amide bonds. The third kappa shape index (κ3) is 5.39. The number of ether oxygens (including phenoxy) is 1. The van der Waals surface area contributed by atoms with E-state index >= 15 is 0 Å². The van der Waals surface area contributed by atoms with Gasteiger partial charge in [0.2, 0.25) is 5.91 Å². The van der Waals surface area contributed by atoms with Crippen LogP contribution in [-0.4, -0.2) is 48.7 Å². The van der Waals surface area contributed by atoms with Crippen molar-refractivity contribution in [3.05, 3.63) is 30.2 Å². The van der Waals surface area contributed by atoms with Gasteiger partial charge in [-0.2, -0.15) is 0 Å². The molecule has 6 nitrogen and oxygen atoms in total. The molecule has 0 bridgehead atoms. The average molecular weight is 267 g/mol. The van der Waals surface area contributed by atoms with Crippen LogP contribution in [0.5, 0.6) is 0 Å². The zero-order valence-electron chi connectivity index (χ0n) is 10.7. The van der Waals surface area contributed by atoms with Gasteiger partial charge in [0.15, 0.2) is 0 Å². The molecule has 0 saturated heterocycles. The first-order chi connectivity index (χ1) is 9.17. The van der Waals surface area contributed by atoms with Gasteiger partial charge in [-0.15, -0.1) is 0 Å². The molecule has 104 valence electrons. The third-order valence-electron chi connectivity index (χ3n) is 2.43. The van der Waals surface area contributed by atoms with E-state index < -0.39 is 5.97 Å². The van der Waals surface area contributed by atoms with Crippen molar-refractivity contribution in [2.24, 2.45) is 0 Å². The molecular weight excluding hydrogens is 250 g/mol. The molecule has 0 aliphatic heterocycles. The van der Waals surface area contributed by atoms with Crippen LogP contribution in [0.1, 0.15) is 12.2 Å². The number of hydrogen-bond donors (Lipinski definition) is 1. The molecule has 0 aliphatic carbocycles. The van der Waals surface area contributed by atoms with Crippen molar-refractivity contribution in [2.45, 2.75) is 6.42 Å². The summed E-state index contributed by atoms with van der Waals surface area (Å²) in [6.07, 6.45) is 4.47. The second kappa shape index (κ2) is 8.10. The molecule has 1 aromatic rings. The van der Waals surface area contributed by atoms with Crippen molar-refractivity contribution in [1.82, 2.24) is 4.90 Å². The van der Waals surface area contributed by atoms with Crippen LogP contribution in [-0.2, 0) is 14.3 Å². The highest BCUT2D eigenvalue weighted by Gasteiger charge is 2.12. The number of hydrogen-bond acceptors (Lipinski definition) is 5. The topological polar surface area (TPSA) is 80.0 Å². The molecule has 1 heterocycles. The van der Waals surface area contributed by atoms with Gasteiger partial charge in [0.25, 0.3) is 0 Å². The van der Waals surface area contributed by atoms with Crippen LogP contribution in [0.2, 0.25) is 0 Å². The fourth-order valence-corrected chi connectivity index (χ4v) is 1.43. The van der Waals surface area contributed by atoms with Crippen LogP contribution < -0.4 is 0 Å². The molecule has 0 aromatic carbocycles. The Kier molecular flexibility index (Phi) is 6.38. The summed E-state index contributed by atoms with van der Waals surface area (Å²) in [5.74, 6) is -0.134. The average Bonchev–Trinajstić information content (AvgIpc) is 2.93. The first-order valence-corrected chi connectivity index (χ1v) is 5.85. The van der Waals surface area contributed by atoms with Crippen LogP contribution >= 0.6 is 0 Å². The number of methoxy groups -OCH3 is 1. The van der Waals surface area contributed by atoms with E-state index in [0.29, 0.717) is 5.76 Å². The first-order valence-electron chi connectivity index (χ1n) is 5.85. The van der Waals surface area contributed by atoms with Gasteiger partial charge in [0, 0.05) is 19.2 Å². The second-order valence-electron chi connectivity index (χ2n) is 3.72. The monoisotopic (exact) mass is 267 g/mol. The number of carbonyl (C=O) groups is 2. The maximum absolute atomic E-state index is 11.9. The van der Waals surface area contributed by atoms with Crippen molar-refractivity contribution in [1.29, 1.82) is 0 Å². The van der Waals surface area contributed by atoms with Gasteiger partial charge >= 0.3 is 5.97 Å². The molecular formula is C13H17NO5. The Morgan fingerprint density at radius 1 is 1.47 bits per heavy atom. The van der Waals surface area contributed by atoms with Crippen LogP contribution in [0.3, 0.4) is 0 Å². The lowest BCUT2D eigenvalue weighted by molar-refractivity contribution is -0.141. The Morgan fingerprint density at radius 3 is 2.84 bits per heavy atom. The summed E-state index contributed by atoms with van der Waals surface area (Å²) in [5, 5.41) is 8.91. The molecule has 19 heavy (non-hydrogen) atoms. The van der Waals surface area contributed by atoms with Crippen LogP contribution in [0.15, 0.2) is 28.9 Å². The molecule has 1 rings (SSSR count). The Hall–Kier alpha value is -2.08. The Labute approximate surface area is 111 Å². The minimum absolute atomic E-state index is 0.0941. The Morgan fingerprint density at radius 2 is 2.26 bits per heavy atom. The number of nitrogens with zero attached hydrogens (tertiary/aromatic N) is 1. The van der Waals surface area contributed by atoms with E-state index in [1.807, 2.05) is 0 Å². The summed E-state index contributed by atoms with van der Waals surface area (Å²) in [7, 11) is 1.29. The van der Waals surface area contributed by atoms with Crippen molar-refractivity contribution in [3.8, 4) is 0 Å². The minimum atomic E-state index is -0.397.